The second kappa shape index (κ2) is 7.80. The van der Waals surface area contributed by atoms with Crippen molar-refractivity contribution in [1.29, 1.82) is 0 Å². The number of benzene rings is 2. The first kappa shape index (κ1) is 20.8. The molecule has 5 nitrogen and oxygen atoms in total. The molecule has 0 saturated heterocycles. The molecular formula is C27H31N3O2. The molecule has 5 heteroatoms. The lowest BCUT2D eigenvalue weighted by molar-refractivity contribution is -0.120. The van der Waals surface area contributed by atoms with Crippen LogP contribution in [0.4, 0.5) is 11.4 Å². The maximum absolute atomic E-state index is 13.6. The molecule has 3 aliphatic rings. The summed E-state index contributed by atoms with van der Waals surface area (Å²) in [6, 6.07) is 16.4. The number of Topliss-reactive ketones (excluding diaryl/α,β-unsaturated/α-hetero) is 1. The van der Waals surface area contributed by atoms with E-state index in [1.807, 2.05) is 24.3 Å². The quantitative estimate of drug-likeness (QED) is 0.726. The highest BCUT2D eigenvalue weighted by molar-refractivity contribution is 6.01. The predicted octanol–water partition coefficient (Wildman–Crippen LogP) is 4.89. The summed E-state index contributed by atoms with van der Waals surface area (Å²) in [4.78, 5) is 28.7. The summed E-state index contributed by atoms with van der Waals surface area (Å²) in [6.07, 6.45) is 3.41. The number of nitrogens with zero attached hydrogens (tertiary/aromatic N) is 1. The first-order valence-electron chi connectivity index (χ1n) is 11.6. The third-order valence-corrected chi connectivity index (χ3v) is 6.65. The van der Waals surface area contributed by atoms with Crippen LogP contribution in [0.3, 0.4) is 0 Å². The summed E-state index contributed by atoms with van der Waals surface area (Å²) in [5.74, 6) is 0.168. The third kappa shape index (κ3) is 4.04. The van der Waals surface area contributed by atoms with Crippen LogP contribution in [0.25, 0.3) is 0 Å². The Labute approximate surface area is 189 Å². The van der Waals surface area contributed by atoms with Gasteiger partial charge < -0.3 is 15.5 Å². The van der Waals surface area contributed by atoms with Crippen molar-refractivity contribution in [3.8, 4) is 0 Å². The number of rotatable bonds is 4. The number of hydrogen-bond acceptors (Lipinski definition) is 4. The minimum Gasteiger partial charge on any atom is -0.357 e. The number of anilines is 2. The average Bonchev–Trinajstić information content (AvgIpc) is 3.54. The van der Waals surface area contributed by atoms with Crippen LogP contribution in [0, 0.1) is 12.3 Å². The third-order valence-electron chi connectivity index (χ3n) is 6.65. The molecule has 1 unspecified atom stereocenters. The Morgan fingerprint density at radius 2 is 1.81 bits per heavy atom. The second-order valence-corrected chi connectivity index (χ2v) is 10.3. The molecular weight excluding hydrogens is 398 g/mol. The molecule has 1 saturated carbocycles. The molecule has 2 aromatic carbocycles. The Hall–Kier alpha value is -3.08. The van der Waals surface area contributed by atoms with Crippen LogP contribution in [0.5, 0.6) is 0 Å². The maximum Gasteiger partial charge on any atom is 0.239 e. The molecule has 5 rings (SSSR count). The number of fused-ring (bicyclic) bond motifs is 1. The van der Waals surface area contributed by atoms with Gasteiger partial charge >= 0.3 is 0 Å². The fourth-order valence-electron chi connectivity index (χ4n) is 4.98. The Kier molecular flexibility index (Phi) is 5.07. The second-order valence-electron chi connectivity index (χ2n) is 10.3. The van der Waals surface area contributed by atoms with E-state index in [1.165, 1.54) is 5.56 Å². The van der Waals surface area contributed by atoms with Crippen LogP contribution in [0.1, 0.15) is 56.7 Å². The molecule has 0 spiro atoms. The molecule has 2 aromatic rings. The molecule has 1 aliphatic heterocycles. The minimum absolute atomic E-state index is 0.00653. The smallest absolute Gasteiger partial charge is 0.239 e. The van der Waals surface area contributed by atoms with Crippen LogP contribution in [-0.4, -0.2) is 24.3 Å². The molecule has 0 radical (unpaired) electrons. The average molecular weight is 430 g/mol. The Morgan fingerprint density at radius 3 is 2.53 bits per heavy atom. The summed E-state index contributed by atoms with van der Waals surface area (Å²) >= 11 is 0. The van der Waals surface area contributed by atoms with E-state index in [-0.39, 0.29) is 29.7 Å². The zero-order chi connectivity index (χ0) is 22.5. The fourth-order valence-corrected chi connectivity index (χ4v) is 4.98. The summed E-state index contributed by atoms with van der Waals surface area (Å²) < 4.78 is 0. The van der Waals surface area contributed by atoms with Gasteiger partial charge in [-0.15, -0.1) is 0 Å². The number of carbonyl (C=O) groups excluding carboxylic acids is 2. The maximum atomic E-state index is 13.6. The summed E-state index contributed by atoms with van der Waals surface area (Å²) in [5.41, 5.74) is 5.77. The van der Waals surface area contributed by atoms with Gasteiger partial charge in [-0.2, -0.15) is 0 Å². The van der Waals surface area contributed by atoms with Gasteiger partial charge in [-0.25, -0.2) is 0 Å². The first-order chi connectivity index (χ1) is 15.3. The zero-order valence-electron chi connectivity index (χ0n) is 19.1. The van der Waals surface area contributed by atoms with E-state index in [1.54, 1.807) is 0 Å². The number of nitrogens with one attached hydrogen (secondary N) is 2. The molecule has 2 aliphatic carbocycles. The van der Waals surface area contributed by atoms with Gasteiger partial charge in [-0.05, 0) is 49.3 Å². The van der Waals surface area contributed by atoms with Gasteiger partial charge in [0.1, 0.15) is 0 Å². The van der Waals surface area contributed by atoms with Gasteiger partial charge in [0.15, 0.2) is 5.78 Å². The van der Waals surface area contributed by atoms with Gasteiger partial charge in [0, 0.05) is 23.7 Å². The molecule has 32 heavy (non-hydrogen) atoms. The van der Waals surface area contributed by atoms with Crippen LogP contribution in [0.2, 0.25) is 0 Å². The van der Waals surface area contributed by atoms with Crippen molar-refractivity contribution in [3.05, 3.63) is 70.9 Å². The number of amides is 1. The van der Waals surface area contributed by atoms with Gasteiger partial charge in [0.2, 0.25) is 5.91 Å². The number of aryl methyl sites for hydroxylation is 1. The van der Waals surface area contributed by atoms with E-state index in [0.717, 1.165) is 47.5 Å². The van der Waals surface area contributed by atoms with Crippen molar-refractivity contribution in [1.82, 2.24) is 5.32 Å². The standard InChI is InChI=1S/C27H31N3O2/c1-17-8-10-18(11-9-17)26-25-21(14-27(2,3)15-23(25)31)29-20-6-4-5-7-22(20)30(26)16-24(32)28-19-12-13-19/h4-11,19,26,29H,12-16H2,1-3H3,(H,28,32). The predicted molar refractivity (Wildman–Crippen MR) is 128 cm³/mol. The van der Waals surface area contributed by atoms with Crippen molar-refractivity contribution in [2.75, 3.05) is 16.8 Å². The van der Waals surface area contributed by atoms with Crippen LogP contribution in [-0.2, 0) is 9.59 Å². The van der Waals surface area contributed by atoms with E-state index in [2.05, 4.69) is 60.6 Å². The fraction of sp³-hybridized carbons (Fsp3) is 0.407. The highest BCUT2D eigenvalue weighted by Crippen LogP contribution is 2.48. The highest BCUT2D eigenvalue weighted by Gasteiger charge is 2.42. The lowest BCUT2D eigenvalue weighted by Crippen LogP contribution is -2.42. The molecule has 1 heterocycles. The number of ketones is 1. The van der Waals surface area contributed by atoms with Crippen molar-refractivity contribution < 1.29 is 9.59 Å². The summed E-state index contributed by atoms with van der Waals surface area (Å²) in [5, 5.41) is 6.73. The summed E-state index contributed by atoms with van der Waals surface area (Å²) in [7, 11) is 0. The SMILES string of the molecule is Cc1ccc(C2C3=C(CC(C)(C)CC3=O)Nc3ccccc3N2CC(=O)NC2CC2)cc1. The number of carbonyl (C=O) groups is 2. The van der Waals surface area contributed by atoms with Gasteiger partial charge in [0.05, 0.1) is 24.0 Å². The van der Waals surface area contributed by atoms with Crippen LogP contribution < -0.4 is 15.5 Å². The normalized spacial score (nSPS) is 21.9. The molecule has 1 fully saturated rings. The molecule has 166 valence electrons. The van der Waals surface area contributed by atoms with Crippen molar-refractivity contribution in [2.24, 2.45) is 5.41 Å². The van der Waals surface area contributed by atoms with E-state index in [9.17, 15) is 9.59 Å². The topological polar surface area (TPSA) is 61.4 Å². The van der Waals surface area contributed by atoms with Gasteiger partial charge in [0.25, 0.3) is 0 Å². The molecule has 0 bridgehead atoms. The van der Waals surface area contributed by atoms with E-state index < -0.39 is 0 Å². The van der Waals surface area contributed by atoms with E-state index >= 15 is 0 Å². The minimum atomic E-state index is -0.310. The monoisotopic (exact) mass is 429 g/mol. The number of para-hydroxylation sites is 2. The van der Waals surface area contributed by atoms with E-state index in [4.69, 9.17) is 0 Å². The lowest BCUT2D eigenvalue weighted by atomic mass is 9.73. The Bertz CT molecular complexity index is 1100. The van der Waals surface area contributed by atoms with E-state index in [0.29, 0.717) is 12.5 Å². The summed E-state index contributed by atoms with van der Waals surface area (Å²) in [6.45, 7) is 6.57. The zero-order valence-corrected chi connectivity index (χ0v) is 19.1. The van der Waals surface area contributed by atoms with Crippen molar-refractivity contribution in [2.45, 2.75) is 58.5 Å². The number of hydrogen-bond donors (Lipinski definition) is 2. The Morgan fingerprint density at radius 1 is 1.09 bits per heavy atom. The highest BCUT2D eigenvalue weighted by atomic mass is 16.2. The van der Waals surface area contributed by atoms with Crippen LogP contribution in [0.15, 0.2) is 59.8 Å². The molecule has 2 N–H and O–H groups in total. The van der Waals surface area contributed by atoms with Crippen molar-refractivity contribution >= 4 is 23.1 Å². The molecule has 1 amide bonds. The first-order valence-corrected chi connectivity index (χ1v) is 11.6. The number of allylic oxidation sites excluding steroid dienone is 1. The molecule has 0 aromatic heterocycles. The lowest BCUT2D eigenvalue weighted by Gasteiger charge is -2.38. The van der Waals surface area contributed by atoms with Crippen molar-refractivity contribution in [3.63, 3.8) is 0 Å². The largest absolute Gasteiger partial charge is 0.357 e. The van der Waals surface area contributed by atoms with Gasteiger partial charge in [-0.3, -0.25) is 9.59 Å². The Balaban J connectivity index is 1.67. The van der Waals surface area contributed by atoms with Crippen LogP contribution >= 0.6 is 0 Å². The van der Waals surface area contributed by atoms with Gasteiger partial charge in [-0.1, -0.05) is 55.8 Å². The molecule has 1 atom stereocenters.